The van der Waals surface area contributed by atoms with E-state index in [1.807, 2.05) is 50.8 Å². The Bertz CT molecular complexity index is 991. The van der Waals surface area contributed by atoms with E-state index in [2.05, 4.69) is 15.3 Å². The lowest BCUT2D eigenvalue weighted by Gasteiger charge is -2.40. The maximum atomic E-state index is 12.4. The Hall–Kier alpha value is -3.56. The average molecular weight is 443 g/mol. The molecule has 10 nitrogen and oxygen atoms in total. The second-order valence-electron chi connectivity index (χ2n) is 8.59. The van der Waals surface area contributed by atoms with Crippen LogP contribution in [0.4, 0.5) is 22.2 Å². The fraction of sp³-hybridized carbons (Fsp3) is 0.455. The number of nitrogens with two attached hydrogens (primary N) is 1. The van der Waals surface area contributed by atoms with Gasteiger partial charge in [0.15, 0.2) is 0 Å². The molecule has 0 spiro atoms. The highest BCUT2D eigenvalue weighted by Crippen LogP contribution is 2.29. The highest BCUT2D eigenvalue weighted by Gasteiger charge is 2.31. The Kier molecular flexibility index (Phi) is 6.71. The molecule has 3 rings (SSSR count). The van der Waals surface area contributed by atoms with Crippen molar-refractivity contribution in [3.05, 3.63) is 36.0 Å². The predicted molar refractivity (Wildman–Crippen MR) is 121 cm³/mol. The van der Waals surface area contributed by atoms with Crippen molar-refractivity contribution in [2.45, 2.75) is 39.3 Å². The Labute approximate surface area is 187 Å². The number of primary amides is 1. The van der Waals surface area contributed by atoms with Crippen LogP contribution < -0.4 is 20.7 Å². The lowest BCUT2D eigenvalue weighted by Crippen LogP contribution is -2.55. The summed E-state index contributed by atoms with van der Waals surface area (Å²) in [5.74, 6) is 0.677. The number of hydrogen-bond acceptors (Lipinski definition) is 8. The highest BCUT2D eigenvalue weighted by molar-refractivity contribution is 5.98. The molecule has 1 aromatic carbocycles. The molecule has 1 saturated heterocycles. The van der Waals surface area contributed by atoms with Crippen molar-refractivity contribution in [2.24, 2.45) is 5.73 Å². The minimum atomic E-state index is -0.642. The number of benzene rings is 1. The Balaban J connectivity index is 1.82. The first kappa shape index (κ1) is 23.1. The monoisotopic (exact) mass is 442 g/mol. The maximum absolute atomic E-state index is 12.4. The van der Waals surface area contributed by atoms with Crippen molar-refractivity contribution in [1.29, 1.82) is 0 Å². The van der Waals surface area contributed by atoms with Gasteiger partial charge in [-0.05, 0) is 39.8 Å². The first-order valence-corrected chi connectivity index (χ1v) is 10.4. The molecule has 0 saturated carbocycles. The lowest BCUT2D eigenvalue weighted by molar-refractivity contribution is 0.0218. The Morgan fingerprint density at radius 2 is 1.94 bits per heavy atom. The molecular formula is C22H30N6O4. The average Bonchev–Trinajstić information content (AvgIpc) is 2.72. The highest BCUT2D eigenvalue weighted by atomic mass is 16.6. The number of carbonyl (C=O) groups is 2. The van der Waals surface area contributed by atoms with Gasteiger partial charge in [0.05, 0.1) is 12.8 Å². The Morgan fingerprint density at radius 3 is 2.56 bits per heavy atom. The topological polar surface area (TPSA) is 123 Å². The zero-order valence-electron chi connectivity index (χ0n) is 19.1. The largest absolute Gasteiger partial charge is 0.495 e. The van der Waals surface area contributed by atoms with Gasteiger partial charge in [-0.25, -0.2) is 9.78 Å². The normalized spacial score (nSPS) is 16.5. The fourth-order valence-electron chi connectivity index (χ4n) is 3.41. The molecule has 1 aliphatic heterocycles. The number of rotatable bonds is 5. The van der Waals surface area contributed by atoms with Crippen LogP contribution >= 0.6 is 0 Å². The minimum Gasteiger partial charge on any atom is -0.495 e. The molecule has 1 atom stereocenters. The van der Waals surface area contributed by atoms with Gasteiger partial charge in [0.1, 0.15) is 22.7 Å². The molecule has 1 aromatic heterocycles. The first-order valence-electron chi connectivity index (χ1n) is 10.4. The number of hydrogen-bond donors (Lipinski definition) is 2. The molecule has 1 unspecified atom stereocenters. The van der Waals surface area contributed by atoms with E-state index in [4.69, 9.17) is 15.2 Å². The standard InChI is InChI=1S/C22H30N6O4/c1-14-13-27(21(30)32-22(2,3)4)10-11-28(14)20-24-12-15(18(23)29)19(26-20)25-16-8-6-7-9-17(16)31-5/h6-9,12,14H,10-11,13H2,1-5H3,(H2,23,29)(H,24,25,26). The molecular weight excluding hydrogens is 412 g/mol. The third-order valence-corrected chi connectivity index (χ3v) is 4.94. The summed E-state index contributed by atoms with van der Waals surface area (Å²) < 4.78 is 10.8. The molecule has 172 valence electrons. The second kappa shape index (κ2) is 9.29. The van der Waals surface area contributed by atoms with Crippen LogP contribution in [0, 0.1) is 0 Å². The van der Waals surface area contributed by atoms with Crippen LogP contribution in [-0.4, -0.2) is 65.3 Å². The number of nitrogens with one attached hydrogen (secondary N) is 1. The molecule has 0 aliphatic carbocycles. The molecule has 2 aromatic rings. The van der Waals surface area contributed by atoms with Crippen LogP contribution in [0.25, 0.3) is 0 Å². The molecule has 2 heterocycles. The fourth-order valence-corrected chi connectivity index (χ4v) is 3.41. The van der Waals surface area contributed by atoms with Gasteiger partial charge in [-0.3, -0.25) is 4.79 Å². The second-order valence-corrected chi connectivity index (χ2v) is 8.59. The van der Waals surface area contributed by atoms with Gasteiger partial charge < -0.3 is 30.3 Å². The summed E-state index contributed by atoms with van der Waals surface area (Å²) in [7, 11) is 1.56. The van der Waals surface area contributed by atoms with Crippen LogP contribution in [0.15, 0.2) is 30.5 Å². The van der Waals surface area contributed by atoms with Crippen LogP contribution in [0.5, 0.6) is 5.75 Å². The van der Waals surface area contributed by atoms with Gasteiger partial charge in [-0.15, -0.1) is 0 Å². The van der Waals surface area contributed by atoms with Crippen LogP contribution in [0.2, 0.25) is 0 Å². The summed E-state index contributed by atoms with van der Waals surface area (Å²) in [5.41, 5.74) is 5.79. The van der Waals surface area contributed by atoms with Gasteiger partial charge >= 0.3 is 6.09 Å². The van der Waals surface area contributed by atoms with Crippen LogP contribution in [0.3, 0.4) is 0 Å². The van der Waals surface area contributed by atoms with E-state index in [9.17, 15) is 9.59 Å². The number of para-hydroxylation sites is 2. The van der Waals surface area contributed by atoms with Gasteiger partial charge in [-0.1, -0.05) is 12.1 Å². The molecule has 0 bridgehead atoms. The quantitative estimate of drug-likeness (QED) is 0.725. The summed E-state index contributed by atoms with van der Waals surface area (Å²) in [5, 5.41) is 3.13. The molecule has 1 fully saturated rings. The number of carbonyl (C=O) groups excluding carboxylic acids is 2. The molecule has 32 heavy (non-hydrogen) atoms. The van der Waals surface area contributed by atoms with E-state index in [1.54, 1.807) is 18.1 Å². The third kappa shape index (κ3) is 5.37. The number of ether oxygens (including phenoxy) is 2. The summed E-state index contributed by atoms with van der Waals surface area (Å²) in [4.78, 5) is 37.0. The van der Waals surface area contributed by atoms with Crippen LogP contribution in [-0.2, 0) is 4.74 Å². The van der Waals surface area contributed by atoms with E-state index in [1.165, 1.54) is 6.20 Å². The number of nitrogens with zero attached hydrogens (tertiary/aromatic N) is 4. The smallest absolute Gasteiger partial charge is 0.410 e. The first-order chi connectivity index (χ1) is 15.1. The number of amides is 2. The van der Waals surface area contributed by atoms with Crippen molar-refractivity contribution >= 4 is 29.5 Å². The van der Waals surface area contributed by atoms with Crippen molar-refractivity contribution in [1.82, 2.24) is 14.9 Å². The molecule has 0 radical (unpaired) electrons. The van der Waals surface area contributed by atoms with E-state index < -0.39 is 11.5 Å². The number of piperazine rings is 1. The summed E-state index contributed by atoms with van der Waals surface area (Å²) in [6, 6.07) is 7.24. The van der Waals surface area contributed by atoms with Crippen molar-refractivity contribution in [2.75, 3.05) is 37.0 Å². The summed E-state index contributed by atoms with van der Waals surface area (Å²) in [6.07, 6.45) is 1.07. The number of anilines is 3. The number of methoxy groups -OCH3 is 1. The van der Waals surface area contributed by atoms with Crippen molar-refractivity contribution < 1.29 is 19.1 Å². The van der Waals surface area contributed by atoms with E-state index >= 15 is 0 Å². The SMILES string of the molecule is COc1ccccc1Nc1nc(N2CCN(C(=O)OC(C)(C)C)CC2C)ncc1C(N)=O. The Morgan fingerprint density at radius 1 is 1.22 bits per heavy atom. The zero-order chi connectivity index (χ0) is 23.5. The number of aromatic nitrogens is 2. The lowest BCUT2D eigenvalue weighted by atomic mass is 10.2. The maximum Gasteiger partial charge on any atom is 0.410 e. The summed E-state index contributed by atoms with van der Waals surface area (Å²) >= 11 is 0. The van der Waals surface area contributed by atoms with Crippen LogP contribution in [0.1, 0.15) is 38.1 Å². The molecule has 2 amide bonds. The van der Waals surface area contributed by atoms with Crippen molar-refractivity contribution in [3.63, 3.8) is 0 Å². The van der Waals surface area contributed by atoms with Gasteiger partial charge in [0.2, 0.25) is 5.95 Å². The van der Waals surface area contributed by atoms with Gasteiger partial charge in [-0.2, -0.15) is 4.98 Å². The molecule has 10 heteroatoms. The van der Waals surface area contributed by atoms with E-state index in [-0.39, 0.29) is 23.5 Å². The molecule has 3 N–H and O–H groups in total. The minimum absolute atomic E-state index is 0.0604. The van der Waals surface area contributed by atoms with E-state index in [0.717, 1.165) is 0 Å². The summed E-state index contributed by atoms with van der Waals surface area (Å²) in [6.45, 7) is 8.96. The third-order valence-electron chi connectivity index (χ3n) is 4.94. The predicted octanol–water partition coefficient (Wildman–Crippen LogP) is 2.77. The molecule has 1 aliphatic rings. The van der Waals surface area contributed by atoms with Gasteiger partial charge in [0, 0.05) is 31.9 Å². The van der Waals surface area contributed by atoms with Gasteiger partial charge in [0.25, 0.3) is 5.91 Å². The van der Waals surface area contributed by atoms with E-state index in [0.29, 0.717) is 37.0 Å². The zero-order valence-corrected chi connectivity index (χ0v) is 19.1. The van der Waals surface area contributed by atoms with Crippen molar-refractivity contribution in [3.8, 4) is 5.75 Å².